The Balaban J connectivity index is 2.08. The minimum atomic E-state index is -0.833. The number of aromatic nitrogens is 4. The number of aliphatic hydroxyl groups is 3. The van der Waals surface area contributed by atoms with Crippen LogP contribution in [0.2, 0.25) is 0 Å². The topological polar surface area (TPSA) is 162 Å². The van der Waals surface area contributed by atoms with Gasteiger partial charge in [-0.1, -0.05) is 0 Å². The van der Waals surface area contributed by atoms with Gasteiger partial charge >= 0.3 is 0 Å². The van der Waals surface area contributed by atoms with Crippen molar-refractivity contribution in [3.8, 4) is 0 Å². The van der Waals surface area contributed by atoms with Crippen LogP contribution >= 0.6 is 0 Å². The Hall–Kier alpha value is -2.01. The van der Waals surface area contributed by atoms with Crippen LogP contribution in [0.5, 0.6) is 0 Å². The summed E-state index contributed by atoms with van der Waals surface area (Å²) in [5.74, 6) is -0.0197. The number of imidazole rings is 1. The van der Waals surface area contributed by atoms with Crippen LogP contribution in [-0.4, -0.2) is 66.7 Å². The van der Waals surface area contributed by atoms with Crippen LogP contribution in [0, 0.1) is 0 Å². The molecule has 0 aliphatic carbocycles. The largest absolute Gasteiger partial charge is 0.395 e. The summed E-state index contributed by atoms with van der Waals surface area (Å²) < 4.78 is 1.47. The van der Waals surface area contributed by atoms with Crippen LogP contribution < -0.4 is 16.6 Å². The molecule has 0 saturated carbocycles. The number of nitrogen functional groups attached to an aromatic ring is 1. The molecule has 2 aromatic rings. The van der Waals surface area contributed by atoms with Crippen molar-refractivity contribution in [3.63, 3.8) is 0 Å². The molecule has 2 aromatic heterocycles. The molecule has 7 N–H and O–H groups in total. The standard InChI is InChI=1S/C11H18N6O4/c12-11-15-9-8(10(21)16-11)17(5-14-9)2-7(20)1-13-6(3-18)4-19/h5-7,13,18-20H,1-4H2,(H3,12,15,16,21). The first-order valence-corrected chi connectivity index (χ1v) is 6.39. The SMILES string of the molecule is Nc1nc2ncn(CC(O)CNC(CO)CO)c2c(=O)[nH]1. The Morgan fingerprint density at radius 1 is 1.43 bits per heavy atom. The number of nitrogens with zero attached hydrogens (tertiary/aromatic N) is 3. The van der Waals surface area contributed by atoms with E-state index in [0.29, 0.717) is 0 Å². The number of rotatable bonds is 7. The number of anilines is 1. The van der Waals surface area contributed by atoms with Gasteiger partial charge in [0.05, 0.1) is 38.2 Å². The Bertz CT molecular complexity index is 650. The summed E-state index contributed by atoms with van der Waals surface area (Å²) in [6, 6.07) is -0.496. The number of nitrogens with one attached hydrogen (secondary N) is 2. The number of aromatic amines is 1. The number of hydrogen-bond acceptors (Lipinski definition) is 8. The minimum Gasteiger partial charge on any atom is -0.395 e. The number of H-pyrrole nitrogens is 1. The smallest absolute Gasteiger partial charge is 0.278 e. The van der Waals surface area contributed by atoms with Gasteiger partial charge in [0, 0.05) is 6.54 Å². The van der Waals surface area contributed by atoms with E-state index in [0.717, 1.165) is 0 Å². The second-order valence-electron chi connectivity index (χ2n) is 4.64. The molecule has 2 rings (SSSR count). The van der Waals surface area contributed by atoms with Gasteiger partial charge in [-0.05, 0) is 0 Å². The molecule has 0 aromatic carbocycles. The monoisotopic (exact) mass is 298 g/mol. The van der Waals surface area contributed by atoms with E-state index in [4.69, 9.17) is 15.9 Å². The Morgan fingerprint density at radius 2 is 2.14 bits per heavy atom. The number of aliphatic hydroxyl groups excluding tert-OH is 3. The highest BCUT2D eigenvalue weighted by molar-refractivity contribution is 5.70. The van der Waals surface area contributed by atoms with Gasteiger partial charge in [-0.2, -0.15) is 4.98 Å². The summed E-state index contributed by atoms with van der Waals surface area (Å²) >= 11 is 0. The molecular formula is C11H18N6O4. The predicted molar refractivity (Wildman–Crippen MR) is 74.5 cm³/mol. The van der Waals surface area contributed by atoms with Crippen LogP contribution in [0.3, 0.4) is 0 Å². The van der Waals surface area contributed by atoms with E-state index in [1.807, 2.05) is 0 Å². The maximum atomic E-state index is 11.8. The van der Waals surface area contributed by atoms with Crippen molar-refractivity contribution in [3.05, 3.63) is 16.7 Å². The van der Waals surface area contributed by atoms with E-state index in [1.165, 1.54) is 10.9 Å². The fourth-order valence-corrected chi connectivity index (χ4v) is 1.92. The average molecular weight is 298 g/mol. The second-order valence-corrected chi connectivity index (χ2v) is 4.64. The third-order valence-corrected chi connectivity index (χ3v) is 2.99. The Morgan fingerprint density at radius 3 is 2.81 bits per heavy atom. The summed E-state index contributed by atoms with van der Waals surface area (Å²) in [5.41, 5.74) is 5.43. The summed E-state index contributed by atoms with van der Waals surface area (Å²) in [6.07, 6.45) is 0.561. The lowest BCUT2D eigenvalue weighted by atomic mass is 10.3. The van der Waals surface area contributed by atoms with Gasteiger partial charge in [0.25, 0.3) is 5.56 Å². The van der Waals surface area contributed by atoms with Gasteiger partial charge in [0.15, 0.2) is 11.2 Å². The molecule has 21 heavy (non-hydrogen) atoms. The van der Waals surface area contributed by atoms with Crippen LogP contribution in [0.25, 0.3) is 11.2 Å². The van der Waals surface area contributed by atoms with Gasteiger partial charge in [0.1, 0.15) is 0 Å². The van der Waals surface area contributed by atoms with Gasteiger partial charge in [0.2, 0.25) is 5.95 Å². The lowest BCUT2D eigenvalue weighted by Gasteiger charge is -2.17. The molecule has 0 bridgehead atoms. The second kappa shape index (κ2) is 6.63. The van der Waals surface area contributed by atoms with Crippen LogP contribution in [0.15, 0.2) is 11.1 Å². The van der Waals surface area contributed by atoms with E-state index in [-0.39, 0.29) is 43.4 Å². The summed E-state index contributed by atoms with van der Waals surface area (Å²) in [4.78, 5) is 22.0. The minimum absolute atomic E-state index is 0.0197. The molecule has 1 atom stereocenters. The van der Waals surface area contributed by atoms with Gasteiger partial charge in [-0.15, -0.1) is 0 Å². The fourth-order valence-electron chi connectivity index (χ4n) is 1.92. The first-order chi connectivity index (χ1) is 10.0. The predicted octanol–water partition coefficient (Wildman–Crippen LogP) is -2.99. The zero-order valence-corrected chi connectivity index (χ0v) is 11.2. The van der Waals surface area contributed by atoms with E-state index < -0.39 is 17.7 Å². The Labute approximate surface area is 119 Å². The third-order valence-electron chi connectivity index (χ3n) is 2.99. The molecule has 10 heteroatoms. The molecule has 116 valence electrons. The molecular weight excluding hydrogens is 280 g/mol. The first-order valence-electron chi connectivity index (χ1n) is 6.39. The lowest BCUT2D eigenvalue weighted by Crippen LogP contribution is -2.41. The van der Waals surface area contributed by atoms with Crippen molar-refractivity contribution in [2.75, 3.05) is 25.5 Å². The molecule has 2 heterocycles. The molecule has 1 unspecified atom stereocenters. The maximum Gasteiger partial charge on any atom is 0.278 e. The van der Waals surface area contributed by atoms with Crippen molar-refractivity contribution >= 4 is 17.1 Å². The van der Waals surface area contributed by atoms with Crippen molar-refractivity contribution in [2.45, 2.75) is 18.7 Å². The zero-order valence-electron chi connectivity index (χ0n) is 11.2. The fraction of sp³-hybridized carbons (Fsp3) is 0.545. The van der Waals surface area contributed by atoms with Crippen molar-refractivity contribution in [1.29, 1.82) is 0 Å². The van der Waals surface area contributed by atoms with E-state index in [9.17, 15) is 9.90 Å². The molecule has 0 aliphatic heterocycles. The molecule has 0 radical (unpaired) electrons. The van der Waals surface area contributed by atoms with Gasteiger partial charge in [-0.3, -0.25) is 9.78 Å². The number of nitrogens with two attached hydrogens (primary N) is 1. The van der Waals surface area contributed by atoms with Crippen molar-refractivity contribution in [2.24, 2.45) is 0 Å². The normalized spacial score (nSPS) is 13.1. The molecule has 0 amide bonds. The highest BCUT2D eigenvalue weighted by Crippen LogP contribution is 2.06. The number of hydrogen-bond donors (Lipinski definition) is 6. The molecule has 0 saturated heterocycles. The molecule has 0 spiro atoms. The van der Waals surface area contributed by atoms with E-state index >= 15 is 0 Å². The van der Waals surface area contributed by atoms with Gasteiger partial charge in [-0.25, -0.2) is 4.98 Å². The number of fused-ring (bicyclic) bond motifs is 1. The highest BCUT2D eigenvalue weighted by atomic mass is 16.3. The van der Waals surface area contributed by atoms with Crippen LogP contribution in [0.1, 0.15) is 0 Å². The van der Waals surface area contributed by atoms with Crippen molar-refractivity contribution < 1.29 is 15.3 Å². The molecule has 0 aliphatic rings. The highest BCUT2D eigenvalue weighted by Gasteiger charge is 2.14. The average Bonchev–Trinajstić information content (AvgIpc) is 2.83. The Kier molecular flexibility index (Phi) is 4.85. The third kappa shape index (κ3) is 3.55. The van der Waals surface area contributed by atoms with E-state index in [2.05, 4.69) is 20.3 Å². The van der Waals surface area contributed by atoms with Crippen LogP contribution in [0.4, 0.5) is 5.95 Å². The van der Waals surface area contributed by atoms with Crippen LogP contribution in [-0.2, 0) is 6.54 Å². The quantitative estimate of drug-likeness (QED) is 0.315. The lowest BCUT2D eigenvalue weighted by molar-refractivity contribution is 0.124. The van der Waals surface area contributed by atoms with E-state index in [1.54, 1.807) is 0 Å². The summed E-state index contributed by atoms with van der Waals surface area (Å²) in [6.45, 7) is -0.215. The molecule has 10 nitrogen and oxygen atoms in total. The first kappa shape index (κ1) is 15.4. The summed E-state index contributed by atoms with van der Waals surface area (Å²) in [5, 5.41) is 30.6. The van der Waals surface area contributed by atoms with Crippen molar-refractivity contribution in [1.82, 2.24) is 24.8 Å². The summed E-state index contributed by atoms with van der Waals surface area (Å²) in [7, 11) is 0. The maximum absolute atomic E-state index is 11.8. The van der Waals surface area contributed by atoms with Gasteiger partial charge < -0.3 is 30.9 Å². The molecule has 0 fully saturated rings. The zero-order chi connectivity index (χ0) is 15.4.